The van der Waals surface area contributed by atoms with Crippen LogP contribution in [0.2, 0.25) is 10.0 Å². The fraction of sp³-hybridized carbons (Fsp3) is 0.238. The first-order valence-corrected chi connectivity index (χ1v) is 9.46. The molecule has 0 spiro atoms. The summed E-state index contributed by atoms with van der Waals surface area (Å²) in [6.45, 7) is 7.96. The maximum Gasteiger partial charge on any atom is 0.270 e. The Labute approximate surface area is 169 Å². The van der Waals surface area contributed by atoms with E-state index in [4.69, 9.17) is 23.2 Å². The molecule has 0 aliphatic heterocycles. The van der Waals surface area contributed by atoms with Gasteiger partial charge in [0, 0.05) is 11.6 Å². The van der Waals surface area contributed by atoms with E-state index in [9.17, 15) is 4.79 Å². The lowest BCUT2D eigenvalue weighted by Crippen LogP contribution is -2.31. The Kier molecular flexibility index (Phi) is 5.59. The summed E-state index contributed by atoms with van der Waals surface area (Å²) in [6.07, 6.45) is 0. The molecular formula is C21H21Cl2N3O. The van der Waals surface area contributed by atoms with Crippen molar-refractivity contribution in [3.8, 4) is 16.9 Å². The van der Waals surface area contributed by atoms with Gasteiger partial charge in [-0.2, -0.15) is 5.10 Å². The molecule has 1 amide bonds. The number of aromatic nitrogens is 2. The number of nitrogens with one attached hydrogen (secondary N) is 1. The average Bonchev–Trinajstić information content (AvgIpc) is 3.04. The first-order chi connectivity index (χ1) is 12.8. The molecule has 0 fully saturated rings. The standard InChI is InChI=1S/C21H21Cl2N3O/c1-12(2)24-21(27)20-11-19(15-6-5-13(3)14(4)9-15)25-26(20)16-7-8-17(22)18(23)10-16/h5-12H,1-4H3,(H,24,27). The van der Waals surface area contributed by atoms with Crippen molar-refractivity contribution in [1.82, 2.24) is 15.1 Å². The van der Waals surface area contributed by atoms with Crippen molar-refractivity contribution in [2.24, 2.45) is 0 Å². The largest absolute Gasteiger partial charge is 0.349 e. The number of rotatable bonds is 4. The third kappa shape index (κ3) is 4.18. The third-order valence-corrected chi connectivity index (χ3v) is 5.05. The monoisotopic (exact) mass is 401 g/mol. The number of carbonyl (C=O) groups is 1. The zero-order valence-electron chi connectivity index (χ0n) is 15.7. The zero-order chi connectivity index (χ0) is 19.7. The fourth-order valence-electron chi connectivity index (χ4n) is 2.73. The fourth-order valence-corrected chi connectivity index (χ4v) is 3.03. The number of carbonyl (C=O) groups excluding carboxylic acids is 1. The Morgan fingerprint density at radius 2 is 1.74 bits per heavy atom. The van der Waals surface area contributed by atoms with E-state index in [0.717, 1.165) is 11.3 Å². The van der Waals surface area contributed by atoms with Gasteiger partial charge in [0.1, 0.15) is 5.69 Å². The summed E-state index contributed by atoms with van der Waals surface area (Å²) >= 11 is 12.2. The smallest absolute Gasteiger partial charge is 0.270 e. The van der Waals surface area contributed by atoms with Crippen molar-refractivity contribution in [3.05, 3.63) is 69.3 Å². The van der Waals surface area contributed by atoms with Gasteiger partial charge in [-0.15, -0.1) is 0 Å². The number of hydrogen-bond acceptors (Lipinski definition) is 2. The molecular weight excluding hydrogens is 381 g/mol. The SMILES string of the molecule is Cc1ccc(-c2cc(C(=O)NC(C)C)n(-c3ccc(Cl)c(Cl)c3)n2)cc1C. The molecule has 1 heterocycles. The molecule has 0 radical (unpaired) electrons. The second-order valence-corrected chi connectivity index (χ2v) is 7.67. The molecule has 0 aliphatic carbocycles. The van der Waals surface area contributed by atoms with Gasteiger partial charge in [-0.05, 0) is 69.2 Å². The molecule has 27 heavy (non-hydrogen) atoms. The van der Waals surface area contributed by atoms with Crippen LogP contribution < -0.4 is 5.32 Å². The van der Waals surface area contributed by atoms with Crippen molar-refractivity contribution >= 4 is 29.1 Å². The normalized spacial score (nSPS) is 11.1. The molecule has 0 bridgehead atoms. The van der Waals surface area contributed by atoms with Crippen LogP contribution >= 0.6 is 23.2 Å². The Hall–Kier alpha value is -2.30. The minimum absolute atomic E-state index is 0.0136. The van der Waals surface area contributed by atoms with E-state index in [1.807, 2.05) is 19.9 Å². The molecule has 3 rings (SSSR count). The Bertz CT molecular complexity index is 1010. The van der Waals surface area contributed by atoms with Gasteiger partial charge in [0.2, 0.25) is 0 Å². The van der Waals surface area contributed by atoms with Gasteiger partial charge in [-0.1, -0.05) is 35.3 Å². The zero-order valence-corrected chi connectivity index (χ0v) is 17.2. The lowest BCUT2D eigenvalue weighted by Gasteiger charge is -2.11. The number of halogens is 2. The number of amides is 1. The molecule has 0 aliphatic rings. The van der Waals surface area contributed by atoms with E-state index in [1.165, 1.54) is 11.1 Å². The Morgan fingerprint density at radius 3 is 2.37 bits per heavy atom. The maximum atomic E-state index is 12.7. The van der Waals surface area contributed by atoms with Crippen molar-refractivity contribution in [2.75, 3.05) is 0 Å². The van der Waals surface area contributed by atoms with E-state index in [2.05, 4.69) is 36.4 Å². The summed E-state index contributed by atoms with van der Waals surface area (Å²) in [5, 5.41) is 8.46. The molecule has 3 aromatic rings. The quantitative estimate of drug-likeness (QED) is 0.617. The first-order valence-electron chi connectivity index (χ1n) is 8.70. The minimum atomic E-state index is -0.196. The second-order valence-electron chi connectivity index (χ2n) is 6.85. The van der Waals surface area contributed by atoms with Crippen LogP contribution in [0, 0.1) is 13.8 Å². The molecule has 0 saturated heterocycles. The number of nitrogens with zero attached hydrogens (tertiary/aromatic N) is 2. The highest BCUT2D eigenvalue weighted by Crippen LogP contribution is 2.28. The average molecular weight is 402 g/mol. The molecule has 0 unspecified atom stereocenters. The molecule has 140 valence electrons. The number of benzene rings is 2. The topological polar surface area (TPSA) is 46.9 Å². The number of hydrogen-bond donors (Lipinski definition) is 1. The first kappa shape index (κ1) is 19.5. The van der Waals surface area contributed by atoms with Crippen molar-refractivity contribution < 1.29 is 4.79 Å². The van der Waals surface area contributed by atoms with Crippen LogP contribution in [0.1, 0.15) is 35.5 Å². The lowest BCUT2D eigenvalue weighted by atomic mass is 10.0. The summed E-state index contributed by atoms with van der Waals surface area (Å²) in [5.74, 6) is -0.196. The second kappa shape index (κ2) is 7.75. The predicted octanol–water partition coefficient (Wildman–Crippen LogP) is 5.60. The summed E-state index contributed by atoms with van der Waals surface area (Å²) in [5.41, 5.74) is 5.17. The van der Waals surface area contributed by atoms with E-state index in [0.29, 0.717) is 21.4 Å². The van der Waals surface area contributed by atoms with Crippen LogP contribution in [0.5, 0.6) is 0 Å². The van der Waals surface area contributed by atoms with Crippen LogP contribution in [-0.4, -0.2) is 21.7 Å². The molecule has 2 aromatic carbocycles. The van der Waals surface area contributed by atoms with Crippen LogP contribution in [-0.2, 0) is 0 Å². The van der Waals surface area contributed by atoms with E-state index in [-0.39, 0.29) is 11.9 Å². The lowest BCUT2D eigenvalue weighted by molar-refractivity contribution is 0.0935. The molecule has 1 N–H and O–H groups in total. The van der Waals surface area contributed by atoms with Crippen molar-refractivity contribution in [1.29, 1.82) is 0 Å². The van der Waals surface area contributed by atoms with Gasteiger partial charge in [0.05, 0.1) is 21.4 Å². The van der Waals surface area contributed by atoms with Gasteiger partial charge in [0.25, 0.3) is 5.91 Å². The minimum Gasteiger partial charge on any atom is -0.349 e. The van der Waals surface area contributed by atoms with Gasteiger partial charge in [0.15, 0.2) is 0 Å². The molecule has 0 saturated carbocycles. The van der Waals surface area contributed by atoms with E-state index < -0.39 is 0 Å². The van der Waals surface area contributed by atoms with Crippen LogP contribution in [0.3, 0.4) is 0 Å². The van der Waals surface area contributed by atoms with Crippen molar-refractivity contribution in [2.45, 2.75) is 33.7 Å². The number of aryl methyl sites for hydroxylation is 2. The summed E-state index contributed by atoms with van der Waals surface area (Å²) in [6, 6.07) is 13.1. The summed E-state index contributed by atoms with van der Waals surface area (Å²) in [4.78, 5) is 12.7. The summed E-state index contributed by atoms with van der Waals surface area (Å²) in [7, 11) is 0. The van der Waals surface area contributed by atoms with Gasteiger partial charge < -0.3 is 5.32 Å². The highest BCUT2D eigenvalue weighted by Gasteiger charge is 2.19. The maximum absolute atomic E-state index is 12.7. The highest BCUT2D eigenvalue weighted by atomic mass is 35.5. The van der Waals surface area contributed by atoms with E-state index >= 15 is 0 Å². The molecule has 1 aromatic heterocycles. The Balaban J connectivity index is 2.14. The van der Waals surface area contributed by atoms with Gasteiger partial charge >= 0.3 is 0 Å². The highest BCUT2D eigenvalue weighted by molar-refractivity contribution is 6.42. The molecule has 4 nitrogen and oxygen atoms in total. The van der Waals surface area contributed by atoms with E-state index in [1.54, 1.807) is 28.9 Å². The predicted molar refractivity (Wildman–Crippen MR) is 111 cm³/mol. The Morgan fingerprint density at radius 1 is 1.00 bits per heavy atom. The van der Waals surface area contributed by atoms with Gasteiger partial charge in [-0.3, -0.25) is 4.79 Å². The van der Waals surface area contributed by atoms with Crippen LogP contribution in [0.15, 0.2) is 42.5 Å². The third-order valence-electron chi connectivity index (χ3n) is 4.31. The summed E-state index contributed by atoms with van der Waals surface area (Å²) < 4.78 is 1.60. The van der Waals surface area contributed by atoms with Gasteiger partial charge in [-0.25, -0.2) is 4.68 Å². The molecule has 0 atom stereocenters. The van der Waals surface area contributed by atoms with Crippen LogP contribution in [0.25, 0.3) is 16.9 Å². The van der Waals surface area contributed by atoms with Crippen molar-refractivity contribution in [3.63, 3.8) is 0 Å². The molecule has 6 heteroatoms. The van der Waals surface area contributed by atoms with Crippen LogP contribution in [0.4, 0.5) is 0 Å².